The quantitative estimate of drug-likeness (QED) is 0.795. The molecule has 3 nitrogen and oxygen atoms in total. The predicted octanol–water partition coefficient (Wildman–Crippen LogP) is 3.67. The number of aromatic nitrogens is 2. The molecule has 0 radical (unpaired) electrons. The maximum absolute atomic E-state index is 12.5. The largest absolute Gasteiger partial charge is 0.292 e. The van der Waals surface area contributed by atoms with Crippen molar-refractivity contribution >= 4 is 21.7 Å². The van der Waals surface area contributed by atoms with Gasteiger partial charge in [0.25, 0.3) is 0 Å². The molecular formula is C13H19BrN2O. The molecule has 1 aliphatic carbocycles. The first-order chi connectivity index (χ1) is 8.13. The van der Waals surface area contributed by atoms with E-state index in [1.54, 1.807) is 6.20 Å². The van der Waals surface area contributed by atoms with Crippen molar-refractivity contribution in [3.63, 3.8) is 0 Å². The van der Waals surface area contributed by atoms with E-state index in [-0.39, 0.29) is 11.7 Å². The van der Waals surface area contributed by atoms with E-state index in [1.165, 1.54) is 6.42 Å². The highest BCUT2D eigenvalue weighted by Crippen LogP contribution is 2.34. The lowest BCUT2D eigenvalue weighted by Gasteiger charge is -2.11. The minimum atomic E-state index is 0.202. The number of hydrogen-bond acceptors (Lipinski definition) is 2. The van der Waals surface area contributed by atoms with Crippen LogP contribution >= 0.6 is 15.9 Å². The number of aryl methyl sites for hydroxylation is 1. The van der Waals surface area contributed by atoms with Gasteiger partial charge in [0, 0.05) is 12.5 Å². The van der Waals surface area contributed by atoms with Crippen molar-refractivity contribution in [2.75, 3.05) is 0 Å². The predicted molar refractivity (Wildman–Crippen MR) is 71.1 cm³/mol. The van der Waals surface area contributed by atoms with Gasteiger partial charge in [-0.2, -0.15) is 5.10 Å². The lowest BCUT2D eigenvalue weighted by atomic mass is 9.99. The Morgan fingerprint density at radius 1 is 1.59 bits per heavy atom. The molecule has 2 unspecified atom stereocenters. The number of carbonyl (C=O) groups is 1. The number of halogens is 1. The van der Waals surface area contributed by atoms with E-state index in [4.69, 9.17) is 0 Å². The van der Waals surface area contributed by atoms with E-state index in [0.29, 0.717) is 5.92 Å². The Morgan fingerprint density at radius 2 is 2.35 bits per heavy atom. The van der Waals surface area contributed by atoms with E-state index in [2.05, 4.69) is 34.9 Å². The summed E-state index contributed by atoms with van der Waals surface area (Å²) < 4.78 is 2.69. The first kappa shape index (κ1) is 12.8. The summed E-state index contributed by atoms with van der Waals surface area (Å²) in [6.07, 6.45) is 5.97. The zero-order chi connectivity index (χ0) is 12.4. The van der Waals surface area contributed by atoms with Gasteiger partial charge in [-0.1, -0.05) is 13.8 Å². The Kier molecular flexibility index (Phi) is 4.02. The smallest absolute Gasteiger partial charge is 0.185 e. The summed E-state index contributed by atoms with van der Waals surface area (Å²) in [4.78, 5) is 12.5. The number of ketones is 1. The van der Waals surface area contributed by atoms with Crippen LogP contribution in [0.2, 0.25) is 0 Å². The molecule has 17 heavy (non-hydrogen) atoms. The molecule has 4 heteroatoms. The van der Waals surface area contributed by atoms with E-state index in [9.17, 15) is 4.79 Å². The Labute approximate surface area is 111 Å². The summed E-state index contributed by atoms with van der Waals surface area (Å²) in [6, 6.07) is 0. The second kappa shape index (κ2) is 5.34. The minimum absolute atomic E-state index is 0.202. The fourth-order valence-electron chi connectivity index (χ4n) is 2.63. The van der Waals surface area contributed by atoms with Crippen LogP contribution in [0, 0.1) is 11.8 Å². The lowest BCUT2D eigenvalue weighted by Crippen LogP contribution is -2.18. The van der Waals surface area contributed by atoms with Crippen molar-refractivity contribution in [1.82, 2.24) is 9.78 Å². The third-order valence-electron chi connectivity index (χ3n) is 3.53. The van der Waals surface area contributed by atoms with Gasteiger partial charge >= 0.3 is 0 Å². The van der Waals surface area contributed by atoms with Crippen LogP contribution in [-0.2, 0) is 6.54 Å². The van der Waals surface area contributed by atoms with Crippen molar-refractivity contribution in [1.29, 1.82) is 0 Å². The van der Waals surface area contributed by atoms with Crippen LogP contribution in [0.5, 0.6) is 0 Å². The zero-order valence-corrected chi connectivity index (χ0v) is 12.0. The first-order valence-electron chi connectivity index (χ1n) is 6.39. The highest BCUT2D eigenvalue weighted by atomic mass is 79.9. The van der Waals surface area contributed by atoms with E-state index < -0.39 is 0 Å². The molecule has 1 aromatic heterocycles. The van der Waals surface area contributed by atoms with Crippen LogP contribution in [0.15, 0.2) is 10.7 Å². The summed E-state index contributed by atoms with van der Waals surface area (Å²) >= 11 is 3.45. The van der Waals surface area contributed by atoms with Crippen LogP contribution in [0.25, 0.3) is 0 Å². The molecule has 94 valence electrons. The molecule has 0 aliphatic heterocycles. The van der Waals surface area contributed by atoms with Crippen LogP contribution in [-0.4, -0.2) is 15.6 Å². The van der Waals surface area contributed by atoms with Crippen LogP contribution < -0.4 is 0 Å². The van der Waals surface area contributed by atoms with Gasteiger partial charge in [0.2, 0.25) is 0 Å². The third kappa shape index (κ3) is 2.62. The molecule has 2 atom stereocenters. The molecule has 0 amide bonds. The van der Waals surface area contributed by atoms with Crippen molar-refractivity contribution in [3.8, 4) is 0 Å². The van der Waals surface area contributed by atoms with Gasteiger partial charge in [-0.3, -0.25) is 9.48 Å². The second-order valence-electron chi connectivity index (χ2n) is 5.04. The Hall–Kier alpha value is -0.640. The van der Waals surface area contributed by atoms with Crippen molar-refractivity contribution in [3.05, 3.63) is 16.4 Å². The molecule has 0 N–H and O–H groups in total. The summed E-state index contributed by atoms with van der Waals surface area (Å²) in [5.41, 5.74) is 0.769. The molecule has 0 bridgehead atoms. The summed E-state index contributed by atoms with van der Waals surface area (Å²) in [5.74, 6) is 1.16. The zero-order valence-electron chi connectivity index (χ0n) is 10.4. The molecule has 1 saturated carbocycles. The van der Waals surface area contributed by atoms with Gasteiger partial charge in [-0.15, -0.1) is 0 Å². The van der Waals surface area contributed by atoms with Crippen LogP contribution in [0.1, 0.15) is 50.0 Å². The SMILES string of the molecule is CCCn1ncc(Br)c1C(=O)C1CCC(C)C1. The molecule has 0 aromatic carbocycles. The highest BCUT2D eigenvalue weighted by molar-refractivity contribution is 9.10. The molecule has 1 heterocycles. The third-order valence-corrected chi connectivity index (χ3v) is 4.11. The number of carbonyl (C=O) groups excluding carboxylic acids is 1. The van der Waals surface area contributed by atoms with Gasteiger partial charge in [-0.05, 0) is 47.5 Å². The van der Waals surface area contributed by atoms with Gasteiger partial charge < -0.3 is 0 Å². The van der Waals surface area contributed by atoms with E-state index >= 15 is 0 Å². The van der Waals surface area contributed by atoms with E-state index in [0.717, 1.165) is 36.0 Å². The van der Waals surface area contributed by atoms with Gasteiger partial charge in [0.15, 0.2) is 5.78 Å². The van der Waals surface area contributed by atoms with E-state index in [1.807, 2.05) is 4.68 Å². The first-order valence-corrected chi connectivity index (χ1v) is 7.18. The summed E-state index contributed by atoms with van der Waals surface area (Å²) in [6.45, 7) is 5.14. The minimum Gasteiger partial charge on any atom is -0.292 e. The molecule has 0 saturated heterocycles. The maximum Gasteiger partial charge on any atom is 0.185 e. The molecule has 0 spiro atoms. The Bertz CT molecular complexity index is 414. The summed E-state index contributed by atoms with van der Waals surface area (Å²) in [7, 11) is 0. The average Bonchev–Trinajstić information content (AvgIpc) is 2.86. The number of Topliss-reactive ketones (excluding diaryl/α,β-unsaturated/α-hetero) is 1. The van der Waals surface area contributed by atoms with Gasteiger partial charge in [0.1, 0.15) is 5.69 Å². The van der Waals surface area contributed by atoms with Gasteiger partial charge in [0.05, 0.1) is 10.7 Å². The average molecular weight is 299 g/mol. The lowest BCUT2D eigenvalue weighted by molar-refractivity contribution is 0.0908. The van der Waals surface area contributed by atoms with Crippen molar-refractivity contribution in [2.45, 2.75) is 46.1 Å². The molecular weight excluding hydrogens is 280 g/mol. The fourth-order valence-corrected chi connectivity index (χ4v) is 3.12. The van der Waals surface area contributed by atoms with Crippen molar-refractivity contribution in [2.24, 2.45) is 11.8 Å². The molecule has 1 fully saturated rings. The number of rotatable bonds is 4. The highest BCUT2D eigenvalue weighted by Gasteiger charge is 2.31. The Morgan fingerprint density at radius 3 is 2.94 bits per heavy atom. The standard InChI is InChI=1S/C13H19BrN2O/c1-3-6-16-12(11(14)8-15-16)13(17)10-5-4-9(2)7-10/h8-10H,3-7H2,1-2H3. The van der Waals surface area contributed by atoms with Crippen molar-refractivity contribution < 1.29 is 4.79 Å². The fraction of sp³-hybridized carbons (Fsp3) is 0.692. The van der Waals surface area contributed by atoms with Crippen LogP contribution in [0.4, 0.5) is 0 Å². The summed E-state index contributed by atoms with van der Waals surface area (Å²) in [5, 5.41) is 4.27. The normalized spacial score (nSPS) is 24.2. The number of hydrogen-bond donors (Lipinski definition) is 0. The van der Waals surface area contributed by atoms with Crippen LogP contribution in [0.3, 0.4) is 0 Å². The Balaban J connectivity index is 2.21. The monoisotopic (exact) mass is 298 g/mol. The number of nitrogens with zero attached hydrogens (tertiary/aromatic N) is 2. The molecule has 1 aromatic rings. The molecule has 2 rings (SSSR count). The van der Waals surface area contributed by atoms with Gasteiger partial charge in [-0.25, -0.2) is 0 Å². The second-order valence-corrected chi connectivity index (χ2v) is 5.90. The maximum atomic E-state index is 12.5. The molecule has 1 aliphatic rings. The topological polar surface area (TPSA) is 34.9 Å².